The molecule has 1 aliphatic rings. The van der Waals surface area contributed by atoms with Crippen LogP contribution in [0.15, 0.2) is 36.5 Å². The fraction of sp³-hybridized carbons (Fsp3) is 0.444. The summed E-state index contributed by atoms with van der Waals surface area (Å²) in [5, 5.41) is 10.1. The van der Waals surface area contributed by atoms with Gasteiger partial charge in [-0.25, -0.2) is 4.68 Å². The summed E-state index contributed by atoms with van der Waals surface area (Å²) in [6.07, 6.45) is 6.51. The van der Waals surface area contributed by atoms with Crippen LogP contribution in [-0.4, -0.2) is 22.2 Å². The van der Waals surface area contributed by atoms with Crippen molar-refractivity contribution in [1.82, 2.24) is 9.78 Å². The van der Waals surface area contributed by atoms with E-state index in [2.05, 4.69) is 17.3 Å². The highest BCUT2D eigenvalue weighted by Gasteiger charge is 2.21. The summed E-state index contributed by atoms with van der Waals surface area (Å²) in [7, 11) is 0. The van der Waals surface area contributed by atoms with Crippen molar-refractivity contribution >= 4 is 23.3 Å². The molecule has 1 saturated carbocycles. The number of carbonyl (C=O) groups excluding carboxylic acids is 1. The lowest BCUT2D eigenvalue weighted by Gasteiger charge is -2.15. The zero-order chi connectivity index (χ0) is 16.9. The van der Waals surface area contributed by atoms with Crippen molar-refractivity contribution in [1.29, 1.82) is 0 Å². The monoisotopic (exact) mass is 347 g/mol. The van der Waals surface area contributed by atoms with Gasteiger partial charge in [0, 0.05) is 16.7 Å². The summed E-state index contributed by atoms with van der Waals surface area (Å²) in [5.41, 5.74) is 1.04. The molecule has 1 fully saturated rings. The zero-order valence-electron chi connectivity index (χ0n) is 13.9. The minimum absolute atomic E-state index is 0.0198. The Bertz CT molecular complexity index is 694. The quantitative estimate of drug-likeness (QED) is 0.843. The molecule has 0 spiro atoms. The second-order valence-electron chi connectivity index (χ2n) is 6.40. The largest absolute Gasteiger partial charge is 0.332 e. The molecule has 1 amide bonds. The third kappa shape index (κ3) is 3.97. The van der Waals surface area contributed by atoms with Crippen molar-refractivity contribution < 1.29 is 10.1 Å². The molecule has 3 rings (SSSR count). The third-order valence-electron chi connectivity index (χ3n) is 4.66. The number of amides is 1. The van der Waals surface area contributed by atoms with E-state index in [1.54, 1.807) is 6.20 Å². The molecule has 24 heavy (non-hydrogen) atoms. The van der Waals surface area contributed by atoms with E-state index in [4.69, 9.17) is 11.6 Å². The third-order valence-corrected chi connectivity index (χ3v) is 5.01. The minimum atomic E-state index is -0.0198. The first-order valence-electron chi connectivity index (χ1n) is 8.56. The van der Waals surface area contributed by atoms with Gasteiger partial charge in [-0.2, -0.15) is 5.10 Å². The Morgan fingerprint density at radius 3 is 2.88 bits per heavy atom. The van der Waals surface area contributed by atoms with Gasteiger partial charge in [0.15, 0.2) is 6.54 Å². The molecule has 1 aliphatic carbocycles. The summed E-state index contributed by atoms with van der Waals surface area (Å²) >= 11 is 6.21. The smallest absolute Gasteiger partial charge is 0.280 e. The van der Waals surface area contributed by atoms with Crippen LogP contribution in [0.4, 0.5) is 5.82 Å². The van der Waals surface area contributed by atoms with E-state index in [9.17, 15) is 4.79 Å². The number of aromatic nitrogens is 2. The van der Waals surface area contributed by atoms with Crippen LogP contribution in [0.3, 0.4) is 0 Å². The van der Waals surface area contributed by atoms with Gasteiger partial charge in [-0.1, -0.05) is 42.6 Å². The second kappa shape index (κ2) is 7.81. The van der Waals surface area contributed by atoms with Crippen LogP contribution >= 0.6 is 11.6 Å². The Morgan fingerprint density at radius 2 is 2.12 bits per heavy atom. The number of nitrogens with one attached hydrogen (secondary N) is 1. The lowest BCUT2D eigenvalue weighted by atomic mass is 10.1. The molecule has 128 valence electrons. The molecule has 0 radical (unpaired) electrons. The molecular formula is C18H24ClN4O+. The number of nitrogens with two attached hydrogens (primary N) is 1. The first-order valence-corrected chi connectivity index (χ1v) is 8.94. The molecular weight excluding hydrogens is 324 g/mol. The number of halogens is 1. The maximum atomic E-state index is 12.3. The van der Waals surface area contributed by atoms with Crippen molar-refractivity contribution in [3.63, 3.8) is 0 Å². The average Bonchev–Trinajstić information content (AvgIpc) is 3.24. The summed E-state index contributed by atoms with van der Waals surface area (Å²) in [6.45, 7) is 2.40. The van der Waals surface area contributed by atoms with Gasteiger partial charge in [-0.3, -0.25) is 4.79 Å². The fourth-order valence-electron chi connectivity index (χ4n) is 3.30. The number of benzene rings is 1. The number of hydrogen-bond donors (Lipinski definition) is 2. The van der Waals surface area contributed by atoms with Crippen LogP contribution < -0.4 is 10.6 Å². The predicted octanol–water partition coefficient (Wildman–Crippen LogP) is 2.91. The van der Waals surface area contributed by atoms with Crippen LogP contribution in [0.5, 0.6) is 0 Å². The molecule has 1 atom stereocenters. The van der Waals surface area contributed by atoms with Crippen molar-refractivity contribution in [2.24, 2.45) is 0 Å². The Morgan fingerprint density at radius 1 is 1.38 bits per heavy atom. The topological polar surface area (TPSA) is 63.5 Å². The number of rotatable bonds is 6. The number of hydrogen-bond acceptors (Lipinski definition) is 2. The zero-order valence-corrected chi connectivity index (χ0v) is 14.7. The molecule has 1 heterocycles. The van der Waals surface area contributed by atoms with E-state index in [1.165, 1.54) is 12.8 Å². The van der Waals surface area contributed by atoms with Crippen molar-refractivity contribution in [2.75, 3.05) is 11.9 Å². The van der Waals surface area contributed by atoms with E-state index in [1.807, 2.05) is 40.3 Å². The number of anilines is 1. The van der Waals surface area contributed by atoms with E-state index in [0.29, 0.717) is 12.6 Å². The molecule has 3 N–H and O–H groups in total. The molecule has 5 nitrogen and oxygen atoms in total. The molecule has 0 aliphatic heterocycles. The molecule has 0 bridgehead atoms. The lowest BCUT2D eigenvalue weighted by Crippen LogP contribution is -2.86. The van der Waals surface area contributed by atoms with Crippen molar-refractivity contribution in [2.45, 2.75) is 44.7 Å². The number of quaternary nitrogens is 1. The number of carbonyl (C=O) groups is 1. The van der Waals surface area contributed by atoms with Gasteiger partial charge >= 0.3 is 0 Å². The van der Waals surface area contributed by atoms with E-state index >= 15 is 0 Å². The maximum absolute atomic E-state index is 12.3. The van der Waals surface area contributed by atoms with Gasteiger partial charge in [0.2, 0.25) is 0 Å². The van der Waals surface area contributed by atoms with Gasteiger partial charge in [-0.05, 0) is 25.8 Å². The maximum Gasteiger partial charge on any atom is 0.280 e. The molecule has 0 saturated heterocycles. The Balaban J connectivity index is 1.55. The summed E-state index contributed by atoms with van der Waals surface area (Å²) in [5.74, 6) is 0.777. The second-order valence-corrected chi connectivity index (χ2v) is 6.80. The van der Waals surface area contributed by atoms with Crippen LogP contribution in [-0.2, 0) is 4.79 Å². The van der Waals surface area contributed by atoms with E-state index < -0.39 is 0 Å². The van der Waals surface area contributed by atoms with Crippen LogP contribution in [0, 0.1) is 0 Å². The fourth-order valence-corrected chi connectivity index (χ4v) is 3.61. The molecule has 0 unspecified atom stereocenters. The first kappa shape index (κ1) is 17.0. The van der Waals surface area contributed by atoms with Crippen molar-refractivity contribution in [3.05, 3.63) is 47.1 Å². The number of nitrogens with zero attached hydrogens (tertiary/aromatic N) is 2. The van der Waals surface area contributed by atoms with Crippen LogP contribution in [0.25, 0.3) is 0 Å². The highest BCUT2D eigenvalue weighted by Crippen LogP contribution is 2.31. The van der Waals surface area contributed by atoms with Crippen LogP contribution in [0.1, 0.15) is 50.3 Å². The van der Waals surface area contributed by atoms with E-state index in [0.717, 1.165) is 29.2 Å². The predicted molar refractivity (Wildman–Crippen MR) is 95.0 cm³/mol. The Kier molecular flexibility index (Phi) is 5.53. The SMILES string of the molecule is C[C@@H]([NH2+]CC(=O)Nc1ccnn1C1CCCC1)c1ccccc1Cl. The van der Waals surface area contributed by atoms with Gasteiger partial charge in [0.05, 0.1) is 12.2 Å². The Hall–Kier alpha value is -1.85. The summed E-state index contributed by atoms with van der Waals surface area (Å²) in [4.78, 5) is 12.3. The van der Waals surface area contributed by atoms with Crippen LogP contribution in [0.2, 0.25) is 5.02 Å². The normalized spacial score (nSPS) is 16.2. The molecule has 2 aromatic rings. The van der Waals surface area contributed by atoms with Gasteiger partial charge in [-0.15, -0.1) is 0 Å². The molecule has 1 aromatic carbocycles. The highest BCUT2D eigenvalue weighted by atomic mass is 35.5. The molecule has 1 aromatic heterocycles. The summed E-state index contributed by atoms with van der Waals surface area (Å²) in [6, 6.07) is 10.2. The first-order chi connectivity index (χ1) is 11.6. The Labute approximate surface area is 147 Å². The average molecular weight is 348 g/mol. The highest BCUT2D eigenvalue weighted by molar-refractivity contribution is 6.31. The van der Waals surface area contributed by atoms with Gasteiger partial charge in [0.1, 0.15) is 11.9 Å². The minimum Gasteiger partial charge on any atom is -0.332 e. The van der Waals surface area contributed by atoms with Crippen molar-refractivity contribution in [3.8, 4) is 0 Å². The summed E-state index contributed by atoms with van der Waals surface area (Å²) < 4.78 is 1.96. The lowest BCUT2D eigenvalue weighted by molar-refractivity contribution is -0.682. The van der Waals surface area contributed by atoms with E-state index in [-0.39, 0.29) is 11.9 Å². The van der Waals surface area contributed by atoms with Gasteiger partial charge < -0.3 is 10.6 Å². The molecule has 6 heteroatoms. The van der Waals surface area contributed by atoms with Gasteiger partial charge in [0.25, 0.3) is 5.91 Å². The standard InChI is InChI=1S/C18H23ClN4O/c1-13(15-8-4-5-9-16(15)19)20-12-18(24)22-17-10-11-21-23(17)14-6-2-3-7-14/h4-5,8-11,13-14,20H,2-3,6-7,12H2,1H3,(H,22,24)/p+1/t13-/m1/s1.